The van der Waals surface area contributed by atoms with Gasteiger partial charge in [-0.3, -0.25) is 14.4 Å². The Bertz CT molecular complexity index is 787. The molecule has 1 aromatic heterocycles. The largest absolute Gasteiger partial charge is 0.497 e. The molecule has 1 aromatic carbocycles. The van der Waals surface area contributed by atoms with Gasteiger partial charge in [-0.2, -0.15) is 0 Å². The zero-order chi connectivity index (χ0) is 19.6. The highest BCUT2D eigenvalue weighted by Crippen LogP contribution is 2.28. The summed E-state index contributed by atoms with van der Waals surface area (Å²) in [5, 5.41) is 5.09. The summed E-state index contributed by atoms with van der Waals surface area (Å²) >= 11 is 0. The van der Waals surface area contributed by atoms with Gasteiger partial charge in [0.05, 0.1) is 32.6 Å². The molecule has 2 N–H and O–H groups in total. The summed E-state index contributed by atoms with van der Waals surface area (Å²) in [7, 11) is 2.97. The molecule has 2 aromatic rings. The van der Waals surface area contributed by atoms with Crippen molar-refractivity contribution in [2.24, 2.45) is 0 Å². The highest BCUT2D eigenvalue weighted by atomic mass is 16.5. The molecule has 0 unspecified atom stereocenters. The molecular formula is C18H20N2O7. The average Bonchev–Trinajstić information content (AvgIpc) is 3.21. The van der Waals surface area contributed by atoms with E-state index in [1.165, 1.54) is 26.5 Å². The molecule has 144 valence electrons. The second-order valence-electron chi connectivity index (χ2n) is 5.26. The van der Waals surface area contributed by atoms with Crippen molar-refractivity contribution >= 4 is 23.5 Å². The number of ether oxygens (including phenoxy) is 3. The van der Waals surface area contributed by atoms with E-state index >= 15 is 0 Å². The van der Waals surface area contributed by atoms with Gasteiger partial charge in [0.15, 0.2) is 12.4 Å². The third-order valence-corrected chi connectivity index (χ3v) is 3.40. The second kappa shape index (κ2) is 9.85. The highest BCUT2D eigenvalue weighted by molar-refractivity contribution is 5.94. The molecule has 0 aliphatic heterocycles. The lowest BCUT2D eigenvalue weighted by Crippen LogP contribution is -2.27. The molecule has 0 saturated carbocycles. The molecule has 0 fully saturated rings. The van der Waals surface area contributed by atoms with Crippen molar-refractivity contribution in [2.75, 3.05) is 32.7 Å². The Balaban J connectivity index is 1.73. The first-order valence-corrected chi connectivity index (χ1v) is 8.02. The number of hydrogen-bond donors (Lipinski definition) is 2. The lowest BCUT2D eigenvalue weighted by Gasteiger charge is -2.12. The lowest BCUT2D eigenvalue weighted by molar-refractivity contribution is -0.147. The predicted molar refractivity (Wildman–Crippen MR) is 94.8 cm³/mol. The van der Waals surface area contributed by atoms with Crippen LogP contribution in [0.4, 0.5) is 5.69 Å². The fourth-order valence-electron chi connectivity index (χ4n) is 2.09. The summed E-state index contributed by atoms with van der Waals surface area (Å²) in [5.41, 5.74) is 0.392. The van der Waals surface area contributed by atoms with Crippen LogP contribution in [0.15, 0.2) is 41.0 Å². The summed E-state index contributed by atoms with van der Waals surface area (Å²) in [6.07, 6.45) is 1.29. The summed E-state index contributed by atoms with van der Waals surface area (Å²) in [6, 6.07) is 8.00. The number of amides is 2. The van der Waals surface area contributed by atoms with E-state index in [0.717, 1.165) is 0 Å². The summed E-state index contributed by atoms with van der Waals surface area (Å²) in [4.78, 5) is 35.3. The van der Waals surface area contributed by atoms with E-state index in [1.54, 1.807) is 24.3 Å². The number of carbonyl (C=O) groups excluding carboxylic acids is 3. The van der Waals surface area contributed by atoms with Gasteiger partial charge in [-0.1, -0.05) is 0 Å². The van der Waals surface area contributed by atoms with Crippen LogP contribution in [-0.4, -0.2) is 45.2 Å². The van der Waals surface area contributed by atoms with Gasteiger partial charge in [0.25, 0.3) is 11.8 Å². The number of furan rings is 1. The number of esters is 1. The summed E-state index contributed by atoms with van der Waals surface area (Å²) in [6.45, 7) is -0.408. The van der Waals surface area contributed by atoms with Crippen molar-refractivity contribution in [3.63, 3.8) is 0 Å². The standard InChI is InChI=1S/C18H20N2O7/c1-24-12-5-6-14(25-2)13(10-12)20-16(21)11-27-17(22)7-8-19-18(23)15-4-3-9-26-15/h3-6,9-10H,7-8,11H2,1-2H3,(H,19,23)(H,20,21). The Morgan fingerprint density at radius 2 is 1.93 bits per heavy atom. The number of anilines is 1. The van der Waals surface area contributed by atoms with Gasteiger partial charge < -0.3 is 29.3 Å². The number of methoxy groups -OCH3 is 2. The number of rotatable bonds is 9. The fourth-order valence-corrected chi connectivity index (χ4v) is 2.09. The molecule has 0 radical (unpaired) electrons. The van der Waals surface area contributed by atoms with Gasteiger partial charge in [0.2, 0.25) is 0 Å². The maximum Gasteiger partial charge on any atom is 0.308 e. The zero-order valence-corrected chi connectivity index (χ0v) is 14.9. The minimum absolute atomic E-state index is 0.0592. The Kier molecular flexibility index (Phi) is 7.24. The van der Waals surface area contributed by atoms with Crippen LogP contribution >= 0.6 is 0 Å². The Morgan fingerprint density at radius 1 is 1.11 bits per heavy atom. The molecule has 9 heteroatoms. The van der Waals surface area contributed by atoms with Crippen LogP contribution in [0.25, 0.3) is 0 Å². The molecule has 0 aliphatic carbocycles. The van der Waals surface area contributed by atoms with Crippen LogP contribution < -0.4 is 20.1 Å². The van der Waals surface area contributed by atoms with Crippen molar-refractivity contribution in [3.8, 4) is 11.5 Å². The maximum absolute atomic E-state index is 12.0. The highest BCUT2D eigenvalue weighted by Gasteiger charge is 2.13. The van der Waals surface area contributed by atoms with Crippen LogP contribution in [0, 0.1) is 0 Å². The Hall–Kier alpha value is -3.49. The van der Waals surface area contributed by atoms with Crippen LogP contribution in [-0.2, 0) is 14.3 Å². The molecule has 0 atom stereocenters. The van der Waals surface area contributed by atoms with Crippen LogP contribution in [0.1, 0.15) is 17.0 Å². The van der Waals surface area contributed by atoms with E-state index in [9.17, 15) is 14.4 Å². The van der Waals surface area contributed by atoms with Crippen molar-refractivity contribution in [2.45, 2.75) is 6.42 Å². The van der Waals surface area contributed by atoms with Gasteiger partial charge >= 0.3 is 5.97 Å². The summed E-state index contributed by atoms with van der Waals surface area (Å²) < 4.78 is 20.0. The number of carbonyl (C=O) groups is 3. The van der Waals surface area contributed by atoms with Gasteiger partial charge in [-0.25, -0.2) is 0 Å². The van der Waals surface area contributed by atoms with Crippen molar-refractivity contribution in [1.29, 1.82) is 0 Å². The SMILES string of the molecule is COc1ccc(OC)c(NC(=O)COC(=O)CCNC(=O)c2ccco2)c1. The molecule has 27 heavy (non-hydrogen) atoms. The van der Waals surface area contributed by atoms with E-state index in [2.05, 4.69) is 10.6 Å². The smallest absolute Gasteiger partial charge is 0.308 e. The second-order valence-corrected chi connectivity index (χ2v) is 5.26. The predicted octanol–water partition coefficient (Wildman–Crippen LogP) is 1.60. The lowest BCUT2D eigenvalue weighted by atomic mass is 10.2. The average molecular weight is 376 g/mol. The maximum atomic E-state index is 12.0. The number of hydrogen-bond acceptors (Lipinski definition) is 7. The van der Waals surface area contributed by atoms with Crippen molar-refractivity contribution in [3.05, 3.63) is 42.4 Å². The van der Waals surface area contributed by atoms with Crippen molar-refractivity contribution in [1.82, 2.24) is 5.32 Å². The quantitative estimate of drug-likeness (QED) is 0.639. The van der Waals surface area contributed by atoms with E-state index in [-0.39, 0.29) is 18.7 Å². The van der Waals surface area contributed by atoms with E-state index in [4.69, 9.17) is 18.6 Å². The van der Waals surface area contributed by atoms with E-state index < -0.39 is 24.4 Å². The first kappa shape index (κ1) is 19.8. The molecule has 0 saturated heterocycles. The molecular weight excluding hydrogens is 356 g/mol. The van der Waals surface area contributed by atoms with E-state index in [0.29, 0.717) is 17.2 Å². The minimum atomic E-state index is -0.623. The first-order chi connectivity index (χ1) is 13.0. The Labute approximate surface area is 155 Å². The third kappa shape index (κ3) is 6.07. The van der Waals surface area contributed by atoms with Gasteiger partial charge in [-0.05, 0) is 24.3 Å². The van der Waals surface area contributed by atoms with Crippen LogP contribution in [0.2, 0.25) is 0 Å². The van der Waals surface area contributed by atoms with E-state index in [1.807, 2.05) is 0 Å². The monoisotopic (exact) mass is 376 g/mol. The Morgan fingerprint density at radius 3 is 2.59 bits per heavy atom. The van der Waals surface area contributed by atoms with Crippen LogP contribution in [0.3, 0.4) is 0 Å². The van der Waals surface area contributed by atoms with Crippen LogP contribution in [0.5, 0.6) is 11.5 Å². The summed E-state index contributed by atoms with van der Waals surface area (Å²) in [5.74, 6) is -0.464. The molecule has 2 amide bonds. The van der Waals surface area contributed by atoms with Gasteiger partial charge in [0, 0.05) is 12.6 Å². The molecule has 0 bridgehead atoms. The number of nitrogens with one attached hydrogen (secondary N) is 2. The molecule has 2 rings (SSSR count). The minimum Gasteiger partial charge on any atom is -0.497 e. The molecule has 1 heterocycles. The molecule has 0 aliphatic rings. The molecule has 9 nitrogen and oxygen atoms in total. The zero-order valence-electron chi connectivity index (χ0n) is 14.9. The normalized spacial score (nSPS) is 10.0. The third-order valence-electron chi connectivity index (χ3n) is 3.40. The topological polar surface area (TPSA) is 116 Å². The van der Waals surface area contributed by atoms with Gasteiger partial charge in [-0.15, -0.1) is 0 Å². The molecule has 0 spiro atoms. The van der Waals surface area contributed by atoms with Crippen molar-refractivity contribution < 1.29 is 33.0 Å². The number of benzene rings is 1. The fraction of sp³-hybridized carbons (Fsp3) is 0.278. The van der Waals surface area contributed by atoms with Gasteiger partial charge in [0.1, 0.15) is 11.5 Å². The first-order valence-electron chi connectivity index (χ1n) is 8.02.